The molecule has 6 heteroatoms. The Hall–Kier alpha value is -1.56. The molecule has 0 bridgehead atoms. The number of aromatic nitrogens is 1. The Balaban J connectivity index is 1.92. The van der Waals surface area contributed by atoms with E-state index in [0.29, 0.717) is 18.7 Å². The van der Waals surface area contributed by atoms with Crippen LogP contribution in [-0.2, 0) is 4.74 Å². The van der Waals surface area contributed by atoms with Crippen molar-refractivity contribution in [3.63, 3.8) is 0 Å². The molecule has 0 aromatic carbocycles. The Morgan fingerprint density at radius 2 is 2.59 bits per heavy atom. The first-order chi connectivity index (χ1) is 8.19. The Kier molecular flexibility index (Phi) is 3.63. The molecule has 1 atom stereocenters. The highest BCUT2D eigenvalue weighted by Crippen LogP contribution is 2.14. The number of carbonyl (C=O) groups is 1. The van der Waals surface area contributed by atoms with Gasteiger partial charge in [0.15, 0.2) is 5.69 Å². The first-order valence-corrected chi connectivity index (χ1v) is 5.76. The number of hydrogen-bond donors (Lipinski definition) is 1. The summed E-state index contributed by atoms with van der Waals surface area (Å²) in [6.07, 6.45) is 2.37. The summed E-state index contributed by atoms with van der Waals surface area (Å²) in [5.41, 5.74) is 0.209. The van der Waals surface area contributed by atoms with Crippen LogP contribution in [0.2, 0.25) is 0 Å². The molecule has 1 N–H and O–H groups in total. The van der Waals surface area contributed by atoms with Gasteiger partial charge in [-0.25, -0.2) is 4.79 Å². The second kappa shape index (κ2) is 5.18. The third-order valence-electron chi connectivity index (χ3n) is 2.71. The number of likely N-dealkylation sites (tertiary alicyclic amines) is 1. The van der Waals surface area contributed by atoms with Crippen LogP contribution < -0.4 is 5.32 Å². The average molecular weight is 239 g/mol. The van der Waals surface area contributed by atoms with Crippen LogP contribution >= 0.6 is 0 Å². The van der Waals surface area contributed by atoms with Gasteiger partial charge in [0.05, 0.1) is 6.61 Å². The molecule has 0 radical (unpaired) electrons. The molecule has 17 heavy (non-hydrogen) atoms. The zero-order valence-corrected chi connectivity index (χ0v) is 10.1. The lowest BCUT2D eigenvalue weighted by Crippen LogP contribution is -2.23. The number of esters is 1. The molecule has 1 fully saturated rings. The van der Waals surface area contributed by atoms with Crippen LogP contribution in [0, 0.1) is 0 Å². The third-order valence-corrected chi connectivity index (χ3v) is 2.71. The minimum atomic E-state index is -0.451. The fraction of sp³-hybridized carbons (Fsp3) is 0.636. The van der Waals surface area contributed by atoms with Gasteiger partial charge in [-0.1, -0.05) is 0 Å². The van der Waals surface area contributed by atoms with Crippen LogP contribution in [0.4, 0.5) is 6.01 Å². The summed E-state index contributed by atoms with van der Waals surface area (Å²) in [5, 5.41) is 3.16. The van der Waals surface area contributed by atoms with Gasteiger partial charge in [-0.3, -0.25) is 0 Å². The lowest BCUT2D eigenvalue weighted by molar-refractivity contribution is 0.0519. The second-order valence-electron chi connectivity index (χ2n) is 4.15. The highest BCUT2D eigenvalue weighted by Gasteiger charge is 2.21. The number of ether oxygens (including phenoxy) is 1. The molecular formula is C11H17N3O3. The molecule has 2 heterocycles. The number of nitrogens with zero attached hydrogens (tertiary/aromatic N) is 2. The lowest BCUT2D eigenvalue weighted by Gasteiger charge is -2.10. The van der Waals surface area contributed by atoms with E-state index < -0.39 is 5.97 Å². The quantitative estimate of drug-likeness (QED) is 0.790. The van der Waals surface area contributed by atoms with E-state index in [0.717, 1.165) is 19.5 Å². The molecule has 2 rings (SSSR count). The molecule has 0 saturated carbocycles. The maximum atomic E-state index is 11.4. The second-order valence-corrected chi connectivity index (χ2v) is 4.15. The molecule has 0 aliphatic carbocycles. The maximum absolute atomic E-state index is 11.4. The predicted octanol–water partition coefficient (Wildman–Crippen LogP) is 0.967. The summed E-state index contributed by atoms with van der Waals surface area (Å²) in [6, 6.07) is 0.710. The normalized spacial score (nSPS) is 20.5. The van der Waals surface area contributed by atoms with Crippen molar-refractivity contribution in [2.24, 2.45) is 0 Å². The molecule has 1 aromatic rings. The van der Waals surface area contributed by atoms with Gasteiger partial charge in [-0.15, -0.1) is 0 Å². The van der Waals surface area contributed by atoms with Crippen LogP contribution in [0.5, 0.6) is 0 Å². The molecule has 1 unspecified atom stereocenters. The van der Waals surface area contributed by atoms with Crippen molar-refractivity contribution in [2.75, 3.05) is 32.1 Å². The topological polar surface area (TPSA) is 67.6 Å². The first-order valence-electron chi connectivity index (χ1n) is 5.76. The number of rotatable bonds is 4. The SMILES string of the molecule is CCOC(=O)c1coc(NC2CCN(C)C2)n1. The molecule has 0 spiro atoms. The number of nitrogens with one attached hydrogen (secondary N) is 1. The molecule has 94 valence electrons. The highest BCUT2D eigenvalue weighted by atomic mass is 16.5. The molecule has 6 nitrogen and oxygen atoms in total. The third kappa shape index (κ3) is 2.97. The summed E-state index contributed by atoms with van der Waals surface area (Å²) in [5.74, 6) is -0.451. The zero-order valence-electron chi connectivity index (χ0n) is 10.1. The number of carbonyl (C=O) groups excluding carboxylic acids is 1. The van der Waals surface area contributed by atoms with Gasteiger partial charge < -0.3 is 19.4 Å². The van der Waals surface area contributed by atoms with Gasteiger partial charge in [-0.2, -0.15) is 4.98 Å². The smallest absolute Gasteiger partial charge is 0.360 e. The van der Waals surface area contributed by atoms with E-state index >= 15 is 0 Å². The van der Waals surface area contributed by atoms with Gasteiger partial charge >= 0.3 is 5.97 Å². The number of likely N-dealkylation sites (N-methyl/N-ethyl adjacent to an activating group) is 1. The van der Waals surface area contributed by atoms with Crippen molar-refractivity contribution in [3.8, 4) is 0 Å². The van der Waals surface area contributed by atoms with E-state index in [2.05, 4.69) is 22.2 Å². The van der Waals surface area contributed by atoms with Crippen molar-refractivity contribution in [1.29, 1.82) is 0 Å². The van der Waals surface area contributed by atoms with Gasteiger partial charge in [0.1, 0.15) is 6.26 Å². The minimum Gasteiger partial charge on any atom is -0.461 e. The summed E-state index contributed by atoms with van der Waals surface area (Å²) in [6.45, 7) is 4.10. The van der Waals surface area contributed by atoms with Crippen molar-refractivity contribution in [3.05, 3.63) is 12.0 Å². The number of oxazole rings is 1. The van der Waals surface area contributed by atoms with E-state index in [-0.39, 0.29) is 5.69 Å². The molecule has 0 amide bonds. The van der Waals surface area contributed by atoms with E-state index in [1.54, 1.807) is 6.92 Å². The maximum Gasteiger partial charge on any atom is 0.360 e. The van der Waals surface area contributed by atoms with Crippen molar-refractivity contribution >= 4 is 12.0 Å². The lowest BCUT2D eigenvalue weighted by atomic mass is 10.3. The average Bonchev–Trinajstić information content (AvgIpc) is 2.89. The van der Waals surface area contributed by atoms with E-state index in [9.17, 15) is 4.79 Å². The van der Waals surface area contributed by atoms with E-state index in [4.69, 9.17) is 9.15 Å². The first kappa shape index (κ1) is 11.9. The number of anilines is 1. The zero-order chi connectivity index (χ0) is 12.3. The summed E-state index contributed by atoms with van der Waals surface area (Å²) >= 11 is 0. The molecule has 1 saturated heterocycles. The Morgan fingerprint density at radius 1 is 1.76 bits per heavy atom. The monoisotopic (exact) mass is 239 g/mol. The fourth-order valence-corrected chi connectivity index (χ4v) is 1.87. The van der Waals surface area contributed by atoms with E-state index in [1.807, 2.05) is 0 Å². The summed E-state index contributed by atoms with van der Waals surface area (Å²) < 4.78 is 10.0. The Morgan fingerprint density at radius 3 is 3.24 bits per heavy atom. The minimum absolute atomic E-state index is 0.209. The fourth-order valence-electron chi connectivity index (χ4n) is 1.87. The van der Waals surface area contributed by atoms with Gasteiger partial charge in [-0.05, 0) is 26.9 Å². The van der Waals surface area contributed by atoms with Crippen LogP contribution in [0.15, 0.2) is 10.7 Å². The van der Waals surface area contributed by atoms with Crippen molar-refractivity contribution < 1.29 is 13.9 Å². The Bertz CT molecular complexity index is 391. The van der Waals surface area contributed by atoms with Crippen LogP contribution in [0.25, 0.3) is 0 Å². The molecular weight excluding hydrogens is 222 g/mol. The van der Waals surface area contributed by atoms with Crippen molar-refractivity contribution in [1.82, 2.24) is 9.88 Å². The predicted molar refractivity (Wildman–Crippen MR) is 62.0 cm³/mol. The van der Waals surface area contributed by atoms with Crippen molar-refractivity contribution in [2.45, 2.75) is 19.4 Å². The van der Waals surface area contributed by atoms with Crippen LogP contribution in [0.1, 0.15) is 23.8 Å². The van der Waals surface area contributed by atoms with E-state index in [1.165, 1.54) is 6.26 Å². The van der Waals surface area contributed by atoms with Crippen LogP contribution in [0.3, 0.4) is 0 Å². The largest absolute Gasteiger partial charge is 0.461 e. The highest BCUT2D eigenvalue weighted by molar-refractivity contribution is 5.87. The van der Waals surface area contributed by atoms with Gasteiger partial charge in [0.2, 0.25) is 0 Å². The van der Waals surface area contributed by atoms with Gasteiger partial charge in [0.25, 0.3) is 6.01 Å². The summed E-state index contributed by atoms with van der Waals surface area (Å²) in [7, 11) is 2.07. The number of hydrogen-bond acceptors (Lipinski definition) is 6. The molecule has 1 aromatic heterocycles. The Labute approximate surface area is 99.9 Å². The molecule has 1 aliphatic heterocycles. The summed E-state index contributed by atoms with van der Waals surface area (Å²) in [4.78, 5) is 17.6. The molecule has 1 aliphatic rings. The van der Waals surface area contributed by atoms with Crippen LogP contribution in [-0.4, -0.2) is 48.6 Å². The van der Waals surface area contributed by atoms with Gasteiger partial charge in [0, 0.05) is 12.6 Å². The standard InChI is InChI=1S/C11H17N3O3/c1-3-16-10(15)9-7-17-11(13-9)12-8-4-5-14(2)6-8/h7-8H,3-6H2,1-2H3,(H,12,13).